The topological polar surface area (TPSA) is 53.3 Å². The molecule has 0 spiro atoms. The smallest absolute Gasteiger partial charge is 0.145 e. The van der Waals surface area contributed by atoms with E-state index >= 15 is 0 Å². The van der Waals surface area contributed by atoms with E-state index in [9.17, 15) is 0 Å². The Morgan fingerprint density at radius 2 is 2.40 bits per heavy atom. The van der Waals surface area contributed by atoms with E-state index in [0.29, 0.717) is 0 Å². The van der Waals surface area contributed by atoms with Crippen LogP contribution in [0.5, 0.6) is 0 Å². The lowest BCUT2D eigenvalue weighted by molar-refractivity contribution is -0.000245. The first-order valence-electron chi connectivity index (χ1n) is 1.25. The molecule has 0 bridgehead atoms. The van der Waals surface area contributed by atoms with Gasteiger partial charge in [0.15, 0.2) is 0 Å². The predicted octanol–water partition coefficient (Wildman–Crippen LogP) is -0.807. The van der Waals surface area contributed by atoms with Gasteiger partial charge in [0.1, 0.15) is 13.5 Å². The minimum atomic E-state index is -0.344. The second-order valence-electron chi connectivity index (χ2n) is 0.478. The van der Waals surface area contributed by atoms with Crippen molar-refractivity contribution in [3.8, 4) is 0 Å². The number of aliphatic hydroxyl groups is 1. The summed E-state index contributed by atoms with van der Waals surface area (Å²) in [7, 11) is 0. The summed E-state index contributed by atoms with van der Waals surface area (Å²) in [6.45, 7) is -0.500. The molecule has 0 amide bonds. The molecule has 0 atom stereocenters. The van der Waals surface area contributed by atoms with E-state index in [1.165, 1.54) is 0 Å². The zero-order valence-electron chi connectivity index (χ0n) is 2.77. The van der Waals surface area contributed by atoms with Crippen molar-refractivity contribution in [3.05, 3.63) is 0 Å². The molecule has 31 valence electrons. The fraction of sp³-hybridized carbons (Fsp3) is 1.00. The molecular formula is C2H6NO2. The third kappa shape index (κ3) is 3.88. The number of rotatable bonds is 2. The van der Waals surface area contributed by atoms with Gasteiger partial charge in [-0.25, -0.2) is 5.73 Å². The molecule has 0 saturated carbocycles. The van der Waals surface area contributed by atoms with Gasteiger partial charge in [0.25, 0.3) is 0 Å². The van der Waals surface area contributed by atoms with Crippen molar-refractivity contribution in [3.63, 3.8) is 0 Å². The second-order valence-corrected chi connectivity index (χ2v) is 0.478. The van der Waals surface area contributed by atoms with E-state index in [-0.39, 0.29) is 13.5 Å². The van der Waals surface area contributed by atoms with Crippen LogP contribution in [0.2, 0.25) is 0 Å². The van der Waals surface area contributed by atoms with E-state index in [1.807, 2.05) is 0 Å². The van der Waals surface area contributed by atoms with Crippen molar-refractivity contribution in [1.29, 1.82) is 0 Å². The van der Waals surface area contributed by atoms with Crippen LogP contribution in [0.15, 0.2) is 0 Å². The second kappa shape index (κ2) is 3.88. The van der Waals surface area contributed by atoms with Crippen molar-refractivity contribution in [2.45, 2.75) is 0 Å². The molecule has 0 rings (SSSR count). The number of hydrogen-bond acceptors (Lipinski definition) is 2. The van der Waals surface area contributed by atoms with Crippen LogP contribution in [0.3, 0.4) is 0 Å². The number of aliphatic hydroxyl groups excluding tert-OH is 1. The highest BCUT2D eigenvalue weighted by Gasteiger charge is 1.65. The molecule has 0 heterocycles. The Balaban J connectivity index is 2.19. The van der Waals surface area contributed by atoms with Crippen molar-refractivity contribution in [2.75, 3.05) is 13.5 Å². The first kappa shape index (κ1) is 4.88. The predicted molar refractivity (Wildman–Crippen MR) is 16.1 cm³/mol. The van der Waals surface area contributed by atoms with Gasteiger partial charge in [-0.2, -0.15) is 0 Å². The summed E-state index contributed by atoms with van der Waals surface area (Å²) in [5.74, 6) is 0. The zero-order chi connectivity index (χ0) is 4.12. The number of nitrogens with one attached hydrogen (secondary N) is 1. The fourth-order valence-corrected chi connectivity index (χ4v) is 0.0456. The van der Waals surface area contributed by atoms with Crippen LogP contribution < -0.4 is 5.73 Å². The summed E-state index contributed by atoms with van der Waals surface area (Å²) in [5.41, 5.74) is 6.22. The molecular weight excluding hydrogens is 70.0 g/mol. The zero-order valence-corrected chi connectivity index (χ0v) is 2.77. The largest absolute Gasteiger partial charge is 0.371 e. The standard InChI is InChI=1S/C2H6NO2/c3-1-5-2-4/h3-4H,1-2H2. The average Bonchev–Trinajstić information content (AvgIpc) is 1.41. The van der Waals surface area contributed by atoms with E-state index in [1.54, 1.807) is 0 Å². The molecule has 0 fully saturated rings. The van der Waals surface area contributed by atoms with E-state index < -0.39 is 0 Å². The Hall–Kier alpha value is -0.120. The van der Waals surface area contributed by atoms with Gasteiger partial charge < -0.3 is 9.84 Å². The van der Waals surface area contributed by atoms with Crippen molar-refractivity contribution in [1.82, 2.24) is 5.73 Å². The van der Waals surface area contributed by atoms with Gasteiger partial charge in [-0.15, -0.1) is 0 Å². The highest BCUT2D eigenvalue weighted by atomic mass is 16.6. The average molecular weight is 76.1 g/mol. The Bertz CT molecular complexity index is 15.1. The van der Waals surface area contributed by atoms with Crippen LogP contribution in [0.4, 0.5) is 0 Å². The fourth-order valence-electron chi connectivity index (χ4n) is 0.0456. The minimum absolute atomic E-state index is 0.156. The molecule has 0 aromatic heterocycles. The lowest BCUT2D eigenvalue weighted by Gasteiger charge is -1.85. The maximum Gasteiger partial charge on any atom is 0.145 e. The van der Waals surface area contributed by atoms with Gasteiger partial charge in [0.2, 0.25) is 0 Å². The lowest BCUT2D eigenvalue weighted by atomic mass is 11.3. The van der Waals surface area contributed by atoms with Crippen LogP contribution in [0.1, 0.15) is 0 Å². The molecule has 0 aromatic carbocycles. The first-order chi connectivity index (χ1) is 2.41. The molecule has 2 N–H and O–H groups in total. The van der Waals surface area contributed by atoms with Gasteiger partial charge in [-0.3, -0.25) is 0 Å². The molecule has 1 radical (unpaired) electrons. The normalized spacial score (nSPS) is 8.40. The minimum Gasteiger partial charge on any atom is -0.371 e. The summed E-state index contributed by atoms with van der Waals surface area (Å²) < 4.78 is 4.06. The van der Waals surface area contributed by atoms with E-state index in [0.717, 1.165) is 0 Å². The summed E-state index contributed by atoms with van der Waals surface area (Å²) in [4.78, 5) is 0. The molecule has 0 aliphatic carbocycles. The molecule has 0 aromatic rings. The summed E-state index contributed by atoms with van der Waals surface area (Å²) in [5, 5.41) is 7.72. The van der Waals surface area contributed by atoms with Gasteiger partial charge in [0, 0.05) is 0 Å². The summed E-state index contributed by atoms with van der Waals surface area (Å²) in [6.07, 6.45) is 0. The van der Waals surface area contributed by atoms with Crippen LogP contribution in [0, 0.1) is 0 Å². The van der Waals surface area contributed by atoms with Gasteiger partial charge in [-0.1, -0.05) is 0 Å². The molecule has 3 nitrogen and oxygen atoms in total. The van der Waals surface area contributed by atoms with Crippen molar-refractivity contribution >= 4 is 0 Å². The van der Waals surface area contributed by atoms with Crippen molar-refractivity contribution in [2.24, 2.45) is 0 Å². The molecule has 0 unspecified atom stereocenters. The van der Waals surface area contributed by atoms with Gasteiger partial charge >= 0.3 is 0 Å². The third-order valence-corrected chi connectivity index (χ3v) is 0.193. The Morgan fingerprint density at radius 1 is 1.80 bits per heavy atom. The van der Waals surface area contributed by atoms with E-state index in [2.05, 4.69) is 4.74 Å². The van der Waals surface area contributed by atoms with Crippen LogP contribution >= 0.6 is 0 Å². The lowest BCUT2D eigenvalue weighted by Crippen LogP contribution is -1.93. The number of ether oxygens (including phenoxy) is 1. The molecule has 0 aliphatic rings. The molecule has 0 saturated heterocycles. The maximum absolute atomic E-state index is 7.72. The highest BCUT2D eigenvalue weighted by molar-refractivity contribution is 3.92. The molecule has 0 aliphatic heterocycles. The molecule has 5 heavy (non-hydrogen) atoms. The van der Waals surface area contributed by atoms with Crippen LogP contribution in [0.25, 0.3) is 0 Å². The first-order valence-corrected chi connectivity index (χ1v) is 1.25. The monoisotopic (exact) mass is 76.0 g/mol. The Morgan fingerprint density at radius 3 is 2.40 bits per heavy atom. The maximum atomic E-state index is 7.72. The SMILES string of the molecule is [NH]COCO. The number of hydrogen-bond donors (Lipinski definition) is 1. The van der Waals surface area contributed by atoms with Crippen molar-refractivity contribution < 1.29 is 9.84 Å². The third-order valence-electron chi connectivity index (χ3n) is 0.193. The quantitative estimate of drug-likeness (QED) is 0.437. The van der Waals surface area contributed by atoms with Gasteiger partial charge in [-0.05, 0) is 0 Å². The van der Waals surface area contributed by atoms with Gasteiger partial charge in [0.05, 0.1) is 0 Å². The molecule has 3 heteroatoms. The Kier molecular flexibility index (Phi) is 3.79. The summed E-state index contributed by atoms with van der Waals surface area (Å²) in [6, 6.07) is 0. The van der Waals surface area contributed by atoms with E-state index in [4.69, 9.17) is 10.8 Å². The van der Waals surface area contributed by atoms with Crippen LogP contribution in [-0.2, 0) is 4.74 Å². The van der Waals surface area contributed by atoms with Crippen LogP contribution in [-0.4, -0.2) is 18.6 Å². The summed E-state index contributed by atoms with van der Waals surface area (Å²) >= 11 is 0. The Labute approximate surface area is 30.4 Å². The highest BCUT2D eigenvalue weighted by Crippen LogP contribution is 1.55.